The summed E-state index contributed by atoms with van der Waals surface area (Å²) in [7, 11) is 3.44. The van der Waals surface area contributed by atoms with E-state index in [1.54, 1.807) is 19.1 Å². The van der Waals surface area contributed by atoms with Crippen molar-refractivity contribution < 1.29 is 24.2 Å². The van der Waals surface area contributed by atoms with Gasteiger partial charge in [-0.2, -0.15) is 0 Å². The van der Waals surface area contributed by atoms with Gasteiger partial charge >= 0.3 is 5.97 Å². The first-order chi connectivity index (χ1) is 20.1. The van der Waals surface area contributed by atoms with Crippen LogP contribution in [0.5, 0.6) is 5.75 Å². The Hall–Kier alpha value is -2.90. The van der Waals surface area contributed by atoms with Gasteiger partial charge in [-0.05, 0) is 48.3 Å². The van der Waals surface area contributed by atoms with Gasteiger partial charge in [-0.3, -0.25) is 4.79 Å². The highest BCUT2D eigenvalue weighted by Gasteiger charge is 2.58. The smallest absolute Gasteiger partial charge is 0.326 e. The van der Waals surface area contributed by atoms with Crippen LogP contribution >= 0.6 is 0 Å². The SMILES string of the molecule is COCC1(c2ccc(OC)c(CN[C@H]3[C@H](C(C)(C)C)[C@@H](C(=O)O)N(C(=O)C4CCCCC4)[C@H]3c3ccccc3)c2)CC1. The molecule has 2 aromatic rings. The Bertz CT molecular complexity index is 1250. The van der Waals surface area contributed by atoms with Crippen LogP contribution in [0.1, 0.15) is 88.4 Å². The van der Waals surface area contributed by atoms with Crippen LogP contribution in [0, 0.1) is 17.3 Å². The van der Waals surface area contributed by atoms with Gasteiger partial charge < -0.3 is 24.8 Å². The van der Waals surface area contributed by atoms with Crippen molar-refractivity contribution in [1.29, 1.82) is 0 Å². The lowest BCUT2D eigenvalue weighted by Gasteiger charge is -2.36. The van der Waals surface area contributed by atoms with E-state index in [0.29, 0.717) is 13.2 Å². The van der Waals surface area contributed by atoms with Gasteiger partial charge in [-0.1, -0.05) is 82.5 Å². The van der Waals surface area contributed by atoms with Gasteiger partial charge in [-0.15, -0.1) is 0 Å². The molecule has 7 heteroatoms. The molecule has 2 aromatic carbocycles. The van der Waals surface area contributed by atoms with E-state index in [1.807, 2.05) is 36.4 Å². The molecule has 228 valence electrons. The molecule has 0 radical (unpaired) electrons. The second kappa shape index (κ2) is 12.4. The maximum Gasteiger partial charge on any atom is 0.326 e. The zero-order valence-corrected chi connectivity index (χ0v) is 25.9. The third-order valence-electron chi connectivity index (χ3n) is 9.96. The van der Waals surface area contributed by atoms with Crippen LogP contribution in [0.15, 0.2) is 48.5 Å². The quantitative estimate of drug-likeness (QED) is 0.355. The molecule has 0 aromatic heterocycles. The molecule has 5 rings (SSSR count). The molecule has 7 nitrogen and oxygen atoms in total. The summed E-state index contributed by atoms with van der Waals surface area (Å²) >= 11 is 0. The van der Waals surface area contributed by atoms with E-state index in [4.69, 9.17) is 9.47 Å². The van der Waals surface area contributed by atoms with Crippen molar-refractivity contribution in [2.75, 3.05) is 20.8 Å². The predicted octanol–water partition coefficient (Wildman–Crippen LogP) is 6.11. The summed E-state index contributed by atoms with van der Waals surface area (Å²) in [6.07, 6.45) is 7.03. The molecule has 2 saturated carbocycles. The third kappa shape index (κ3) is 5.96. The molecule has 3 fully saturated rings. The second-order valence-electron chi connectivity index (χ2n) is 13.8. The number of hydrogen-bond donors (Lipinski definition) is 2. The molecule has 42 heavy (non-hydrogen) atoms. The molecular weight excluding hydrogens is 528 g/mol. The van der Waals surface area contributed by atoms with Crippen LogP contribution in [0.4, 0.5) is 0 Å². The largest absolute Gasteiger partial charge is 0.496 e. The molecule has 1 heterocycles. The number of ether oxygens (including phenoxy) is 2. The van der Waals surface area contributed by atoms with E-state index in [2.05, 4.69) is 38.2 Å². The number of nitrogens with one attached hydrogen (secondary N) is 1. The molecule has 0 bridgehead atoms. The number of benzene rings is 2. The lowest BCUT2D eigenvalue weighted by Crippen LogP contribution is -2.49. The Morgan fingerprint density at radius 1 is 1.02 bits per heavy atom. The second-order valence-corrected chi connectivity index (χ2v) is 13.8. The summed E-state index contributed by atoms with van der Waals surface area (Å²) in [5.74, 6) is -0.585. The van der Waals surface area contributed by atoms with Gasteiger partial charge in [-0.25, -0.2) is 4.79 Å². The summed E-state index contributed by atoms with van der Waals surface area (Å²) < 4.78 is 11.3. The highest BCUT2D eigenvalue weighted by molar-refractivity contribution is 5.87. The van der Waals surface area contributed by atoms with Gasteiger partial charge in [0.2, 0.25) is 5.91 Å². The van der Waals surface area contributed by atoms with Crippen molar-refractivity contribution in [2.24, 2.45) is 17.3 Å². The number of carbonyl (C=O) groups excluding carboxylic acids is 1. The maximum atomic E-state index is 14.3. The summed E-state index contributed by atoms with van der Waals surface area (Å²) in [6, 6.07) is 14.8. The number of amides is 1. The minimum absolute atomic E-state index is 0.00989. The highest BCUT2D eigenvalue weighted by Crippen LogP contribution is 2.51. The van der Waals surface area contributed by atoms with E-state index in [1.165, 1.54) is 5.56 Å². The van der Waals surface area contributed by atoms with Crippen LogP contribution in [0.2, 0.25) is 0 Å². The summed E-state index contributed by atoms with van der Waals surface area (Å²) in [5.41, 5.74) is 2.92. The Labute approximate surface area is 251 Å². The number of hydrogen-bond acceptors (Lipinski definition) is 5. The van der Waals surface area contributed by atoms with Crippen molar-refractivity contribution in [3.8, 4) is 5.75 Å². The van der Waals surface area contributed by atoms with Crippen molar-refractivity contribution in [3.63, 3.8) is 0 Å². The minimum atomic E-state index is -0.931. The average molecular weight is 577 g/mol. The van der Waals surface area contributed by atoms with Crippen LogP contribution in [0.25, 0.3) is 0 Å². The minimum Gasteiger partial charge on any atom is -0.496 e. The molecule has 1 amide bonds. The molecule has 0 unspecified atom stereocenters. The van der Waals surface area contributed by atoms with Gasteiger partial charge in [0, 0.05) is 42.5 Å². The monoisotopic (exact) mass is 576 g/mol. The standard InChI is InChI=1S/C35H48N2O5/c1-34(2,3)28-29(36-21-25-20-26(16-17-27(25)42-5)35(18-19-35)22-41-4)30(23-12-8-6-9-13-23)37(31(28)33(39)40)32(38)24-14-10-7-11-15-24/h6,8-9,12-13,16-17,20,24,28-31,36H,7,10-11,14-15,18-19,21-22H2,1-5H3,(H,39,40)/t28-,29-,30-,31-/m0/s1. The number of carboxylic acid groups (broad SMARTS) is 1. The molecule has 2 N–H and O–H groups in total. The summed E-state index contributed by atoms with van der Waals surface area (Å²) in [4.78, 5) is 29.2. The van der Waals surface area contributed by atoms with Crippen molar-refractivity contribution in [3.05, 3.63) is 65.2 Å². The van der Waals surface area contributed by atoms with Gasteiger partial charge in [0.15, 0.2) is 0 Å². The number of rotatable bonds is 10. The van der Waals surface area contributed by atoms with Crippen LogP contribution in [-0.4, -0.2) is 54.8 Å². The lowest BCUT2D eigenvalue weighted by atomic mass is 9.72. The zero-order chi connectivity index (χ0) is 30.1. The Morgan fingerprint density at radius 2 is 1.71 bits per heavy atom. The molecule has 4 atom stereocenters. The fraction of sp³-hybridized carbons (Fsp3) is 0.600. The topological polar surface area (TPSA) is 88.1 Å². The maximum absolute atomic E-state index is 14.3. The summed E-state index contributed by atoms with van der Waals surface area (Å²) in [5, 5.41) is 14.6. The molecular formula is C35H48N2O5. The van der Waals surface area contributed by atoms with Gasteiger partial charge in [0.25, 0.3) is 0 Å². The fourth-order valence-corrected chi connectivity index (χ4v) is 7.71. The molecule has 1 saturated heterocycles. The number of aliphatic carboxylic acids is 1. The number of methoxy groups -OCH3 is 2. The van der Waals surface area contributed by atoms with Gasteiger partial charge in [0.05, 0.1) is 19.8 Å². The highest BCUT2D eigenvalue weighted by atomic mass is 16.5. The van der Waals surface area contributed by atoms with Crippen LogP contribution in [-0.2, 0) is 26.3 Å². The van der Waals surface area contributed by atoms with E-state index in [0.717, 1.165) is 61.8 Å². The first-order valence-corrected chi connectivity index (χ1v) is 15.6. The van der Waals surface area contributed by atoms with E-state index in [9.17, 15) is 14.7 Å². The van der Waals surface area contributed by atoms with Gasteiger partial charge in [0.1, 0.15) is 11.8 Å². The van der Waals surface area contributed by atoms with E-state index in [-0.39, 0.29) is 34.6 Å². The first kappa shape index (κ1) is 30.6. The third-order valence-corrected chi connectivity index (χ3v) is 9.96. The predicted molar refractivity (Wildman–Crippen MR) is 163 cm³/mol. The summed E-state index contributed by atoms with van der Waals surface area (Å²) in [6.45, 7) is 7.49. The van der Waals surface area contributed by atoms with E-state index < -0.39 is 18.1 Å². The van der Waals surface area contributed by atoms with Crippen molar-refractivity contribution in [2.45, 2.75) is 95.8 Å². The Kier molecular flexibility index (Phi) is 9.00. The average Bonchev–Trinajstić information content (AvgIpc) is 3.68. The first-order valence-electron chi connectivity index (χ1n) is 15.6. The van der Waals surface area contributed by atoms with Crippen molar-refractivity contribution >= 4 is 11.9 Å². The Morgan fingerprint density at radius 3 is 2.29 bits per heavy atom. The molecule has 0 spiro atoms. The zero-order valence-electron chi connectivity index (χ0n) is 25.9. The molecule has 2 aliphatic carbocycles. The normalized spacial score (nSPS) is 25.8. The number of likely N-dealkylation sites (tertiary alicyclic amines) is 1. The molecule has 3 aliphatic rings. The number of carboxylic acids is 1. The van der Waals surface area contributed by atoms with Crippen LogP contribution < -0.4 is 10.1 Å². The Balaban J connectivity index is 1.55. The lowest BCUT2D eigenvalue weighted by molar-refractivity contribution is -0.154. The molecule has 1 aliphatic heterocycles. The number of carbonyl (C=O) groups is 2. The van der Waals surface area contributed by atoms with Crippen LogP contribution in [0.3, 0.4) is 0 Å². The van der Waals surface area contributed by atoms with E-state index >= 15 is 0 Å². The number of nitrogens with zero attached hydrogens (tertiary/aromatic N) is 1. The fourth-order valence-electron chi connectivity index (χ4n) is 7.71. The van der Waals surface area contributed by atoms with Crippen molar-refractivity contribution in [1.82, 2.24) is 10.2 Å².